The van der Waals surface area contributed by atoms with E-state index in [2.05, 4.69) is 5.32 Å². The van der Waals surface area contributed by atoms with E-state index in [1.807, 2.05) is 0 Å². The second-order valence-electron chi connectivity index (χ2n) is 6.14. The molecule has 2 aromatic rings. The topological polar surface area (TPSA) is 75.6 Å². The SMILES string of the molecule is O=C(O)COc1ccc(CCNC(=O)CC(c2ccccc2)C(F)(F)F)cc1. The molecular formula is C20H20F3NO4. The van der Waals surface area contributed by atoms with Crippen molar-refractivity contribution in [2.45, 2.75) is 24.9 Å². The zero-order valence-corrected chi connectivity index (χ0v) is 14.9. The van der Waals surface area contributed by atoms with Gasteiger partial charge >= 0.3 is 12.1 Å². The van der Waals surface area contributed by atoms with Crippen molar-refractivity contribution >= 4 is 11.9 Å². The fraction of sp³-hybridized carbons (Fsp3) is 0.300. The number of ether oxygens (including phenoxy) is 1. The monoisotopic (exact) mass is 395 g/mol. The Balaban J connectivity index is 1.83. The van der Waals surface area contributed by atoms with E-state index in [1.165, 1.54) is 24.3 Å². The summed E-state index contributed by atoms with van der Waals surface area (Å²) in [6, 6.07) is 13.9. The Bertz CT molecular complexity index is 776. The summed E-state index contributed by atoms with van der Waals surface area (Å²) in [6.45, 7) is -0.259. The lowest BCUT2D eigenvalue weighted by molar-refractivity contribution is -0.157. The van der Waals surface area contributed by atoms with E-state index in [1.54, 1.807) is 30.3 Å². The molecule has 2 rings (SSSR count). The summed E-state index contributed by atoms with van der Waals surface area (Å²) in [6.07, 6.45) is -4.76. The molecule has 0 bridgehead atoms. The van der Waals surface area contributed by atoms with E-state index in [-0.39, 0.29) is 12.1 Å². The van der Waals surface area contributed by atoms with Crippen molar-refractivity contribution in [2.75, 3.05) is 13.2 Å². The molecule has 28 heavy (non-hydrogen) atoms. The number of carboxylic acids is 1. The van der Waals surface area contributed by atoms with E-state index in [0.29, 0.717) is 12.2 Å². The first-order valence-corrected chi connectivity index (χ1v) is 8.57. The maximum Gasteiger partial charge on any atom is 0.396 e. The molecule has 150 valence electrons. The molecule has 0 aliphatic carbocycles. The van der Waals surface area contributed by atoms with Gasteiger partial charge < -0.3 is 15.2 Å². The molecule has 0 saturated heterocycles. The van der Waals surface area contributed by atoms with Gasteiger partial charge in [0.2, 0.25) is 5.91 Å². The maximum absolute atomic E-state index is 13.3. The Morgan fingerprint density at radius 3 is 2.25 bits per heavy atom. The van der Waals surface area contributed by atoms with Crippen LogP contribution >= 0.6 is 0 Å². The molecular weight excluding hydrogens is 375 g/mol. The summed E-state index contributed by atoms with van der Waals surface area (Å²) >= 11 is 0. The number of hydrogen-bond acceptors (Lipinski definition) is 3. The van der Waals surface area contributed by atoms with Gasteiger partial charge in [0.1, 0.15) is 5.75 Å². The Morgan fingerprint density at radius 1 is 1.04 bits per heavy atom. The number of halogens is 3. The number of rotatable bonds is 9. The predicted octanol–water partition coefficient (Wildman–Crippen LogP) is 3.54. The van der Waals surface area contributed by atoms with Crippen molar-refractivity contribution in [1.82, 2.24) is 5.32 Å². The van der Waals surface area contributed by atoms with Crippen LogP contribution in [-0.2, 0) is 16.0 Å². The normalized spacial score (nSPS) is 12.2. The third kappa shape index (κ3) is 6.94. The first-order chi connectivity index (χ1) is 13.3. The van der Waals surface area contributed by atoms with Gasteiger partial charge in [-0.1, -0.05) is 42.5 Å². The van der Waals surface area contributed by atoms with Crippen molar-refractivity contribution in [2.24, 2.45) is 0 Å². The van der Waals surface area contributed by atoms with Crippen LogP contribution in [0.3, 0.4) is 0 Å². The summed E-state index contributed by atoms with van der Waals surface area (Å²) in [4.78, 5) is 22.4. The van der Waals surface area contributed by atoms with E-state index in [9.17, 15) is 22.8 Å². The molecule has 8 heteroatoms. The van der Waals surface area contributed by atoms with Gasteiger partial charge in [0.05, 0.1) is 5.92 Å². The van der Waals surface area contributed by atoms with E-state index >= 15 is 0 Å². The number of nitrogens with one attached hydrogen (secondary N) is 1. The highest BCUT2D eigenvalue weighted by Gasteiger charge is 2.41. The van der Waals surface area contributed by atoms with Crippen LogP contribution < -0.4 is 10.1 Å². The molecule has 0 spiro atoms. The minimum atomic E-state index is -4.51. The van der Waals surface area contributed by atoms with E-state index < -0.39 is 37.0 Å². The molecule has 5 nitrogen and oxygen atoms in total. The molecule has 0 heterocycles. The van der Waals surface area contributed by atoms with Crippen LogP contribution in [0.25, 0.3) is 0 Å². The number of aliphatic carboxylic acids is 1. The standard InChI is InChI=1S/C20H20F3NO4/c21-20(22,23)17(15-4-2-1-3-5-15)12-18(25)24-11-10-14-6-8-16(9-7-14)28-13-19(26)27/h1-9,17H,10-13H2,(H,24,25)(H,26,27). The fourth-order valence-electron chi connectivity index (χ4n) is 2.61. The first-order valence-electron chi connectivity index (χ1n) is 8.57. The van der Waals surface area contributed by atoms with E-state index in [0.717, 1.165) is 5.56 Å². The van der Waals surface area contributed by atoms with Crippen molar-refractivity contribution < 1.29 is 32.6 Å². The number of benzene rings is 2. The van der Waals surface area contributed by atoms with Crippen LogP contribution in [0.2, 0.25) is 0 Å². The van der Waals surface area contributed by atoms with Crippen LogP contribution in [0.1, 0.15) is 23.5 Å². The lowest BCUT2D eigenvalue weighted by atomic mass is 9.95. The summed E-state index contributed by atoms with van der Waals surface area (Å²) in [5.41, 5.74) is 0.889. The van der Waals surface area contributed by atoms with Gasteiger partial charge in [-0.25, -0.2) is 4.79 Å². The third-order valence-electron chi connectivity index (χ3n) is 4.01. The van der Waals surface area contributed by atoms with Crippen LogP contribution in [0.15, 0.2) is 54.6 Å². The average Bonchev–Trinajstić information content (AvgIpc) is 2.65. The zero-order valence-electron chi connectivity index (χ0n) is 14.9. The van der Waals surface area contributed by atoms with Crippen molar-refractivity contribution in [3.05, 3.63) is 65.7 Å². The molecule has 0 radical (unpaired) electrons. The largest absolute Gasteiger partial charge is 0.482 e. The smallest absolute Gasteiger partial charge is 0.396 e. The van der Waals surface area contributed by atoms with Crippen LogP contribution in [0.5, 0.6) is 5.75 Å². The molecule has 2 aromatic carbocycles. The quantitative estimate of drug-likeness (QED) is 0.681. The maximum atomic E-state index is 13.3. The van der Waals surface area contributed by atoms with Gasteiger partial charge in [-0.05, 0) is 29.7 Å². The summed E-state index contributed by atoms with van der Waals surface area (Å²) < 4.78 is 44.8. The summed E-state index contributed by atoms with van der Waals surface area (Å²) in [5, 5.41) is 11.1. The Hall–Kier alpha value is -3.03. The number of carbonyl (C=O) groups is 2. The molecule has 0 fully saturated rings. The van der Waals surface area contributed by atoms with Gasteiger partial charge in [-0.2, -0.15) is 13.2 Å². The second-order valence-corrected chi connectivity index (χ2v) is 6.14. The minimum Gasteiger partial charge on any atom is -0.482 e. The van der Waals surface area contributed by atoms with Gasteiger partial charge in [0, 0.05) is 13.0 Å². The molecule has 1 amide bonds. The number of amides is 1. The van der Waals surface area contributed by atoms with Crippen molar-refractivity contribution in [1.29, 1.82) is 0 Å². The first kappa shape index (κ1) is 21.3. The van der Waals surface area contributed by atoms with E-state index in [4.69, 9.17) is 9.84 Å². The minimum absolute atomic E-state index is 0.0575. The molecule has 0 aromatic heterocycles. The highest BCUT2D eigenvalue weighted by atomic mass is 19.4. The molecule has 0 aliphatic rings. The lowest BCUT2D eigenvalue weighted by Crippen LogP contribution is -2.31. The van der Waals surface area contributed by atoms with Crippen LogP contribution in [0.4, 0.5) is 13.2 Å². The molecule has 0 aliphatic heterocycles. The van der Waals surface area contributed by atoms with Crippen molar-refractivity contribution in [3.63, 3.8) is 0 Å². The number of carbonyl (C=O) groups excluding carboxylic acids is 1. The second kappa shape index (κ2) is 9.77. The van der Waals surface area contributed by atoms with Gasteiger partial charge in [-0.3, -0.25) is 4.79 Å². The Kier molecular flexibility index (Phi) is 7.43. The highest BCUT2D eigenvalue weighted by Crippen LogP contribution is 2.37. The van der Waals surface area contributed by atoms with Gasteiger partial charge in [-0.15, -0.1) is 0 Å². The predicted molar refractivity (Wildman–Crippen MR) is 96.1 cm³/mol. The molecule has 0 saturated carbocycles. The van der Waals surface area contributed by atoms with Gasteiger partial charge in [0.25, 0.3) is 0 Å². The summed E-state index contributed by atoms with van der Waals surface area (Å²) in [5.74, 6) is -3.21. The van der Waals surface area contributed by atoms with Crippen LogP contribution in [0, 0.1) is 0 Å². The molecule has 1 atom stereocenters. The third-order valence-corrected chi connectivity index (χ3v) is 4.01. The number of carboxylic acid groups (broad SMARTS) is 1. The average molecular weight is 395 g/mol. The zero-order chi connectivity index (χ0) is 20.6. The number of alkyl halides is 3. The van der Waals surface area contributed by atoms with Crippen molar-refractivity contribution in [3.8, 4) is 5.75 Å². The fourth-order valence-corrected chi connectivity index (χ4v) is 2.61. The molecule has 1 unspecified atom stereocenters. The number of hydrogen-bond donors (Lipinski definition) is 2. The summed E-state index contributed by atoms with van der Waals surface area (Å²) in [7, 11) is 0. The van der Waals surface area contributed by atoms with Gasteiger partial charge in [0.15, 0.2) is 6.61 Å². The van der Waals surface area contributed by atoms with Crippen LogP contribution in [-0.4, -0.2) is 36.3 Å². The Morgan fingerprint density at radius 2 is 1.68 bits per heavy atom. The Labute approximate surface area is 160 Å². The lowest BCUT2D eigenvalue weighted by Gasteiger charge is -2.20. The molecule has 2 N–H and O–H groups in total. The highest BCUT2D eigenvalue weighted by molar-refractivity contribution is 5.77.